The Kier molecular flexibility index (Phi) is 11.5. The van der Waals surface area contributed by atoms with Gasteiger partial charge in [0.05, 0.1) is 5.58 Å². The molecular weight excluding hydrogens is 822 g/mol. The van der Waals surface area contributed by atoms with E-state index in [0.717, 1.165) is 52.0 Å². The van der Waals surface area contributed by atoms with E-state index in [-0.39, 0.29) is 20.1 Å². The molecule has 1 fully saturated rings. The third kappa shape index (κ3) is 8.46. The number of nitrogens with zero attached hydrogens (tertiary/aromatic N) is 3. The Morgan fingerprint density at radius 3 is 2.45 bits per heavy atom. The van der Waals surface area contributed by atoms with E-state index in [2.05, 4.69) is 83.7 Å². The Morgan fingerprint density at radius 2 is 1.72 bits per heavy atom. The van der Waals surface area contributed by atoms with Crippen LogP contribution in [0.3, 0.4) is 0 Å². The summed E-state index contributed by atoms with van der Waals surface area (Å²) >= 11 is -1.86. The molecular formula is C40H42FGeIrN3O-2. The van der Waals surface area contributed by atoms with Crippen molar-refractivity contribution in [2.75, 3.05) is 0 Å². The number of hydrogen-bond donors (Lipinski definition) is 0. The fourth-order valence-corrected chi connectivity index (χ4v) is 9.89. The van der Waals surface area contributed by atoms with Gasteiger partial charge in [0.15, 0.2) is 0 Å². The molecule has 0 aliphatic heterocycles. The Labute approximate surface area is 294 Å². The van der Waals surface area contributed by atoms with Crippen molar-refractivity contribution < 1.29 is 28.9 Å². The van der Waals surface area contributed by atoms with Crippen LogP contribution in [0, 0.1) is 29.9 Å². The Morgan fingerprint density at radius 1 is 0.915 bits per heavy atom. The molecule has 1 aliphatic carbocycles. The van der Waals surface area contributed by atoms with Crippen LogP contribution in [0.4, 0.5) is 4.39 Å². The summed E-state index contributed by atoms with van der Waals surface area (Å²) in [5.41, 5.74) is 7.54. The second-order valence-electron chi connectivity index (χ2n) is 13.9. The molecule has 0 saturated heterocycles. The topological polar surface area (TPSA) is 51.8 Å². The monoisotopic (exact) mass is 866 g/mol. The zero-order valence-corrected chi connectivity index (χ0v) is 32.4. The molecule has 0 atom stereocenters. The van der Waals surface area contributed by atoms with Gasteiger partial charge < -0.3 is 9.40 Å². The maximum Gasteiger partial charge on any atom is 0.218 e. The van der Waals surface area contributed by atoms with Crippen LogP contribution in [-0.2, 0) is 32.9 Å². The van der Waals surface area contributed by atoms with Gasteiger partial charge in [0.2, 0.25) is 11.7 Å². The molecule has 6 aromatic rings. The molecule has 7 rings (SSSR count). The largest absolute Gasteiger partial charge is 0.486 e. The number of rotatable bonds is 7. The molecule has 0 N–H and O–H groups in total. The molecule has 1 aliphatic rings. The van der Waals surface area contributed by atoms with Crippen LogP contribution in [-0.4, -0.2) is 28.2 Å². The summed E-state index contributed by atoms with van der Waals surface area (Å²) in [6.45, 7) is 4.57. The van der Waals surface area contributed by atoms with Crippen molar-refractivity contribution in [3.63, 3.8) is 0 Å². The van der Waals surface area contributed by atoms with Gasteiger partial charge in [-0.05, 0) is 36.2 Å². The van der Waals surface area contributed by atoms with Crippen LogP contribution in [0.25, 0.3) is 44.6 Å². The van der Waals surface area contributed by atoms with Gasteiger partial charge in [0.25, 0.3) is 0 Å². The van der Waals surface area contributed by atoms with Gasteiger partial charge in [0.1, 0.15) is 0 Å². The number of hydrogen-bond acceptors (Lipinski definition) is 4. The van der Waals surface area contributed by atoms with Crippen LogP contribution in [0.5, 0.6) is 0 Å². The number of aromatic nitrogens is 3. The molecule has 245 valence electrons. The molecule has 0 amide bonds. The molecule has 0 bridgehead atoms. The third-order valence-electron chi connectivity index (χ3n) is 8.75. The maximum absolute atomic E-state index is 13.4. The van der Waals surface area contributed by atoms with Crippen molar-refractivity contribution in [2.45, 2.75) is 69.6 Å². The predicted molar refractivity (Wildman–Crippen MR) is 189 cm³/mol. The van der Waals surface area contributed by atoms with Crippen LogP contribution < -0.4 is 4.40 Å². The molecule has 0 unspecified atom stereocenters. The van der Waals surface area contributed by atoms with E-state index >= 15 is 0 Å². The van der Waals surface area contributed by atoms with E-state index in [1.807, 2.05) is 36.5 Å². The number of pyridine rings is 3. The van der Waals surface area contributed by atoms with Crippen molar-refractivity contribution in [1.29, 1.82) is 0 Å². The van der Waals surface area contributed by atoms with Crippen LogP contribution in [0.2, 0.25) is 17.3 Å². The Balaban J connectivity index is 0.000000188. The number of benzene rings is 2. The zero-order chi connectivity index (χ0) is 32.3. The van der Waals surface area contributed by atoms with Gasteiger partial charge in [-0.15, -0.1) is 18.2 Å². The smallest absolute Gasteiger partial charge is 0.218 e. The van der Waals surface area contributed by atoms with Crippen molar-refractivity contribution >= 4 is 39.7 Å². The average Bonchev–Trinajstić information content (AvgIpc) is 3.68. The van der Waals surface area contributed by atoms with E-state index < -0.39 is 19.2 Å². The Hall–Kier alpha value is -3.19. The van der Waals surface area contributed by atoms with Crippen LogP contribution in [0.15, 0.2) is 83.5 Å². The van der Waals surface area contributed by atoms with E-state index in [9.17, 15) is 4.39 Å². The first-order chi connectivity index (χ1) is 22.2. The van der Waals surface area contributed by atoms with Crippen LogP contribution in [0.1, 0.15) is 50.7 Å². The minimum atomic E-state index is -1.86. The minimum absolute atomic E-state index is 0. The second kappa shape index (κ2) is 15.4. The van der Waals surface area contributed by atoms with Crippen molar-refractivity contribution in [3.8, 4) is 22.5 Å². The van der Waals surface area contributed by atoms with Crippen molar-refractivity contribution in [1.82, 2.24) is 15.0 Å². The molecule has 4 nitrogen and oxygen atoms in total. The van der Waals surface area contributed by atoms with Gasteiger partial charge in [0, 0.05) is 31.7 Å². The van der Waals surface area contributed by atoms with E-state index in [4.69, 9.17) is 9.40 Å². The first-order valence-electron chi connectivity index (χ1n) is 16.5. The van der Waals surface area contributed by atoms with Gasteiger partial charge in [-0.1, -0.05) is 48.3 Å². The summed E-state index contributed by atoms with van der Waals surface area (Å²) in [4.78, 5) is 13.1. The summed E-state index contributed by atoms with van der Waals surface area (Å²) in [7, 11) is 0. The van der Waals surface area contributed by atoms with Gasteiger partial charge >= 0.3 is 126 Å². The quantitative estimate of drug-likeness (QED) is 0.0912. The van der Waals surface area contributed by atoms with Crippen molar-refractivity contribution in [3.05, 3.63) is 108 Å². The number of fused-ring (bicyclic) bond motifs is 3. The molecule has 1 radical (unpaired) electrons. The molecule has 4 heterocycles. The second-order valence-corrected chi connectivity index (χ2v) is 24.5. The standard InChI is InChI=1S/C22H18FN2O.C18H24GeN.Ir/c23-20-9-8-17-16-6-3-7-18(21(16)26-22(17)25-20)19-13-15(10-11-24-19)12-14-4-1-2-5-14;1-14(2)11-16-12-18(15-9-7-6-8-10-15)20-13-17(16)19(3,4)5;/h3,6,8-11,13-14H,1-2,4-5,12H2;6-9,12-14H,11H2,1-5H3;/q2*-1;. The third-order valence-corrected chi connectivity index (χ3v) is 13.1. The molecule has 0 spiro atoms. The molecule has 4 aromatic heterocycles. The van der Waals surface area contributed by atoms with Gasteiger partial charge in [-0.2, -0.15) is 9.37 Å². The van der Waals surface area contributed by atoms with E-state index in [1.54, 1.807) is 10.5 Å². The maximum atomic E-state index is 13.4. The summed E-state index contributed by atoms with van der Waals surface area (Å²) < 4.78 is 20.9. The molecule has 47 heavy (non-hydrogen) atoms. The summed E-state index contributed by atoms with van der Waals surface area (Å²) in [6, 6.07) is 28.0. The van der Waals surface area contributed by atoms with Gasteiger partial charge in [-0.3, -0.25) is 0 Å². The van der Waals surface area contributed by atoms with E-state index in [0.29, 0.717) is 17.2 Å². The van der Waals surface area contributed by atoms with Crippen molar-refractivity contribution in [2.24, 2.45) is 11.8 Å². The number of halogens is 1. The SMILES string of the molecule is CC(C)Cc1cc(-c2[c-]cccc2)nc[c]1[Ge]([CH3])([CH3])[CH3].Fc1ccc2c(n1)oc1c(-c3cc(CC4CCCC4)ccn3)[c-]ccc12.[Ir]. The first kappa shape index (κ1) is 35.1. The fourth-order valence-electron chi connectivity index (χ4n) is 6.56. The van der Waals surface area contributed by atoms with E-state index in [1.165, 1.54) is 42.9 Å². The predicted octanol–water partition coefficient (Wildman–Crippen LogP) is 10.0. The fraction of sp³-hybridized carbons (Fsp3) is 0.325. The summed E-state index contributed by atoms with van der Waals surface area (Å²) in [5.74, 6) is 8.23. The normalized spacial score (nSPS) is 13.5. The zero-order valence-electron chi connectivity index (χ0n) is 27.9. The molecule has 7 heteroatoms. The number of furan rings is 1. The summed E-state index contributed by atoms with van der Waals surface area (Å²) in [5, 5.41) is 1.71. The minimum Gasteiger partial charge on any atom is -0.486 e. The van der Waals surface area contributed by atoms with Crippen LogP contribution >= 0.6 is 0 Å². The van der Waals surface area contributed by atoms with Gasteiger partial charge in [-0.25, -0.2) is 0 Å². The Bertz CT molecular complexity index is 1950. The molecule has 1 saturated carbocycles. The first-order valence-corrected chi connectivity index (χ1v) is 23.8. The molecule has 2 aromatic carbocycles. The average molecular weight is 865 g/mol. The summed E-state index contributed by atoms with van der Waals surface area (Å²) in [6.07, 6.45) is 11.6.